The SMILES string of the molecule is COc1cc(-c2c(N)noc2-c2csc(Br)c2)ccc1C. The van der Waals surface area contributed by atoms with Gasteiger partial charge in [-0.2, -0.15) is 0 Å². The molecule has 0 fully saturated rings. The normalized spacial score (nSPS) is 10.8. The highest BCUT2D eigenvalue weighted by atomic mass is 79.9. The first-order valence-corrected chi connectivity index (χ1v) is 7.92. The van der Waals surface area contributed by atoms with Gasteiger partial charge in [0.2, 0.25) is 0 Å². The maximum absolute atomic E-state index is 5.99. The summed E-state index contributed by atoms with van der Waals surface area (Å²) in [6.07, 6.45) is 0. The minimum absolute atomic E-state index is 0.373. The summed E-state index contributed by atoms with van der Waals surface area (Å²) in [5.74, 6) is 1.85. The zero-order valence-corrected chi connectivity index (χ0v) is 13.9. The lowest BCUT2D eigenvalue weighted by Gasteiger charge is -2.07. The molecule has 0 amide bonds. The number of nitrogens with zero attached hydrogens (tertiary/aromatic N) is 1. The van der Waals surface area contributed by atoms with Gasteiger partial charge in [0.15, 0.2) is 11.6 Å². The van der Waals surface area contributed by atoms with Crippen LogP contribution in [-0.2, 0) is 0 Å². The Labute approximate surface area is 134 Å². The van der Waals surface area contributed by atoms with Crippen molar-refractivity contribution in [3.05, 3.63) is 39.0 Å². The van der Waals surface area contributed by atoms with Gasteiger partial charge in [0.1, 0.15) is 5.75 Å². The molecule has 21 heavy (non-hydrogen) atoms. The molecule has 0 saturated heterocycles. The van der Waals surface area contributed by atoms with Crippen LogP contribution in [0.5, 0.6) is 5.75 Å². The van der Waals surface area contributed by atoms with E-state index in [0.717, 1.165) is 31.8 Å². The van der Waals surface area contributed by atoms with E-state index < -0.39 is 0 Å². The second-order valence-electron chi connectivity index (χ2n) is 4.60. The predicted molar refractivity (Wildman–Crippen MR) is 88.7 cm³/mol. The van der Waals surface area contributed by atoms with Gasteiger partial charge in [-0.1, -0.05) is 17.3 Å². The Morgan fingerprint density at radius 1 is 1.29 bits per heavy atom. The molecule has 0 aliphatic carbocycles. The third-order valence-electron chi connectivity index (χ3n) is 3.24. The lowest BCUT2D eigenvalue weighted by Crippen LogP contribution is -1.91. The van der Waals surface area contributed by atoms with Crippen LogP contribution in [0.4, 0.5) is 5.82 Å². The highest BCUT2D eigenvalue weighted by Crippen LogP contribution is 2.40. The van der Waals surface area contributed by atoms with E-state index in [1.54, 1.807) is 18.4 Å². The molecule has 1 aromatic carbocycles. The van der Waals surface area contributed by atoms with Crippen LogP contribution in [0.3, 0.4) is 0 Å². The maximum atomic E-state index is 5.99. The Morgan fingerprint density at radius 2 is 2.10 bits per heavy atom. The molecule has 0 spiro atoms. The van der Waals surface area contributed by atoms with Crippen LogP contribution in [0, 0.1) is 6.92 Å². The molecule has 3 rings (SSSR count). The quantitative estimate of drug-likeness (QED) is 0.729. The van der Waals surface area contributed by atoms with Crippen LogP contribution in [0.1, 0.15) is 5.56 Å². The number of thiophene rings is 1. The minimum Gasteiger partial charge on any atom is -0.496 e. The summed E-state index contributed by atoms with van der Waals surface area (Å²) in [4.78, 5) is 0. The number of halogens is 1. The van der Waals surface area contributed by atoms with Crippen molar-refractivity contribution in [2.45, 2.75) is 6.92 Å². The smallest absolute Gasteiger partial charge is 0.177 e. The first-order chi connectivity index (χ1) is 10.1. The minimum atomic E-state index is 0.373. The van der Waals surface area contributed by atoms with Crippen LogP contribution in [-0.4, -0.2) is 12.3 Å². The summed E-state index contributed by atoms with van der Waals surface area (Å²) in [5.41, 5.74) is 9.72. The standard InChI is InChI=1S/C15H13BrN2O2S/c1-8-3-4-9(5-11(8)19-2)13-14(20-18-15(13)17)10-6-12(16)21-7-10/h3-7H,1-2H3,(H2,17,18). The summed E-state index contributed by atoms with van der Waals surface area (Å²) >= 11 is 5.04. The number of anilines is 1. The topological polar surface area (TPSA) is 61.3 Å². The van der Waals surface area contributed by atoms with Crippen molar-refractivity contribution in [2.24, 2.45) is 0 Å². The zero-order chi connectivity index (χ0) is 15.0. The van der Waals surface area contributed by atoms with Gasteiger partial charge in [-0.25, -0.2) is 0 Å². The van der Waals surface area contributed by atoms with E-state index in [1.165, 1.54) is 0 Å². The van der Waals surface area contributed by atoms with Gasteiger partial charge < -0.3 is 15.0 Å². The van der Waals surface area contributed by atoms with Crippen molar-refractivity contribution in [2.75, 3.05) is 12.8 Å². The highest BCUT2D eigenvalue weighted by molar-refractivity contribution is 9.11. The fraction of sp³-hybridized carbons (Fsp3) is 0.133. The number of methoxy groups -OCH3 is 1. The molecular formula is C15H13BrN2O2S. The van der Waals surface area contributed by atoms with E-state index in [2.05, 4.69) is 21.1 Å². The third-order valence-corrected chi connectivity index (χ3v) is 4.75. The summed E-state index contributed by atoms with van der Waals surface area (Å²) < 4.78 is 11.8. The summed E-state index contributed by atoms with van der Waals surface area (Å²) in [7, 11) is 1.65. The second-order valence-corrected chi connectivity index (χ2v) is 6.89. The van der Waals surface area contributed by atoms with Crippen LogP contribution in [0.15, 0.2) is 38.0 Å². The Bertz CT molecular complexity index is 795. The molecular weight excluding hydrogens is 352 g/mol. The van der Waals surface area contributed by atoms with Crippen molar-refractivity contribution >= 4 is 33.1 Å². The molecule has 108 valence electrons. The Kier molecular flexibility index (Phi) is 3.73. The number of hydrogen-bond acceptors (Lipinski definition) is 5. The molecule has 2 heterocycles. The van der Waals surface area contributed by atoms with Crippen molar-refractivity contribution in [1.29, 1.82) is 0 Å². The van der Waals surface area contributed by atoms with Gasteiger partial charge in [0.25, 0.3) is 0 Å². The van der Waals surface area contributed by atoms with Crippen molar-refractivity contribution in [3.63, 3.8) is 0 Å². The zero-order valence-electron chi connectivity index (χ0n) is 11.5. The van der Waals surface area contributed by atoms with E-state index in [-0.39, 0.29) is 0 Å². The number of benzene rings is 1. The average molecular weight is 365 g/mol. The third kappa shape index (κ3) is 2.56. The number of aryl methyl sites for hydroxylation is 1. The van der Waals surface area contributed by atoms with Gasteiger partial charge >= 0.3 is 0 Å². The number of nitrogen functional groups attached to an aromatic ring is 1. The molecule has 6 heteroatoms. The summed E-state index contributed by atoms with van der Waals surface area (Å²) in [6, 6.07) is 7.92. The number of ether oxygens (including phenoxy) is 1. The fourth-order valence-electron chi connectivity index (χ4n) is 2.18. The monoisotopic (exact) mass is 364 g/mol. The van der Waals surface area contributed by atoms with Crippen LogP contribution in [0.2, 0.25) is 0 Å². The number of aromatic nitrogens is 1. The molecule has 0 aliphatic rings. The molecule has 0 atom stereocenters. The lowest BCUT2D eigenvalue weighted by molar-refractivity contribution is 0.412. The predicted octanol–water partition coefficient (Wildman–Crippen LogP) is 4.73. The first kappa shape index (κ1) is 14.2. The van der Waals surface area contributed by atoms with Crippen LogP contribution in [0.25, 0.3) is 22.5 Å². The van der Waals surface area contributed by atoms with E-state index in [9.17, 15) is 0 Å². The Balaban J connectivity index is 2.17. The Morgan fingerprint density at radius 3 is 2.76 bits per heavy atom. The highest BCUT2D eigenvalue weighted by Gasteiger charge is 2.19. The molecule has 0 radical (unpaired) electrons. The number of rotatable bonds is 3. The molecule has 0 bridgehead atoms. The second kappa shape index (κ2) is 5.54. The van der Waals surface area contributed by atoms with Gasteiger partial charge in [0, 0.05) is 10.9 Å². The molecule has 3 aromatic rings. The van der Waals surface area contributed by atoms with Gasteiger partial charge in [-0.3, -0.25) is 0 Å². The molecule has 0 unspecified atom stereocenters. The largest absolute Gasteiger partial charge is 0.496 e. The molecule has 4 nitrogen and oxygen atoms in total. The van der Waals surface area contributed by atoms with E-state index >= 15 is 0 Å². The van der Waals surface area contributed by atoms with Crippen molar-refractivity contribution in [1.82, 2.24) is 5.16 Å². The van der Waals surface area contributed by atoms with Crippen LogP contribution >= 0.6 is 27.3 Å². The van der Waals surface area contributed by atoms with Crippen LogP contribution < -0.4 is 10.5 Å². The molecule has 0 aliphatic heterocycles. The maximum Gasteiger partial charge on any atom is 0.177 e. The van der Waals surface area contributed by atoms with E-state index in [1.807, 2.05) is 36.6 Å². The fourth-order valence-corrected chi connectivity index (χ4v) is 3.32. The van der Waals surface area contributed by atoms with E-state index in [0.29, 0.717) is 11.6 Å². The summed E-state index contributed by atoms with van der Waals surface area (Å²) in [5, 5.41) is 5.91. The molecule has 0 saturated carbocycles. The van der Waals surface area contributed by atoms with E-state index in [4.69, 9.17) is 15.0 Å². The average Bonchev–Trinajstić information content (AvgIpc) is 3.05. The van der Waals surface area contributed by atoms with Crippen molar-refractivity contribution in [3.8, 4) is 28.2 Å². The Hall–Kier alpha value is -1.79. The first-order valence-electron chi connectivity index (χ1n) is 6.24. The van der Waals surface area contributed by atoms with Gasteiger partial charge in [-0.05, 0) is 46.1 Å². The number of hydrogen-bond donors (Lipinski definition) is 1. The molecule has 2 aromatic heterocycles. The number of nitrogens with two attached hydrogens (primary N) is 1. The van der Waals surface area contributed by atoms with Crippen molar-refractivity contribution < 1.29 is 9.26 Å². The van der Waals surface area contributed by atoms with Gasteiger partial charge in [0.05, 0.1) is 16.5 Å². The summed E-state index contributed by atoms with van der Waals surface area (Å²) in [6.45, 7) is 2.00. The lowest BCUT2D eigenvalue weighted by atomic mass is 10.0. The molecule has 2 N–H and O–H groups in total. The van der Waals surface area contributed by atoms with Gasteiger partial charge in [-0.15, -0.1) is 11.3 Å².